The van der Waals surface area contributed by atoms with Gasteiger partial charge in [-0.25, -0.2) is 0 Å². The minimum Gasteiger partial charge on any atom is -0.0654 e. The Labute approximate surface area is 98.3 Å². The number of benzene rings is 2. The lowest BCUT2D eigenvalue weighted by molar-refractivity contribution is 0.668. The molecule has 0 nitrogen and oxygen atoms in total. The van der Waals surface area contributed by atoms with Crippen LogP contribution >= 0.6 is 0 Å². The normalized spacial score (nSPS) is 10.8. The summed E-state index contributed by atoms with van der Waals surface area (Å²) >= 11 is 0. The van der Waals surface area contributed by atoms with Crippen molar-refractivity contribution >= 4 is 10.8 Å². The molecule has 0 N–H and O–H groups in total. The van der Waals surface area contributed by atoms with Crippen LogP contribution in [0.1, 0.15) is 38.2 Å². The largest absolute Gasteiger partial charge is 0.0654 e. The number of fused-ring (bicyclic) bond motifs is 1. The van der Waals surface area contributed by atoms with E-state index in [4.69, 9.17) is 0 Å². The van der Waals surface area contributed by atoms with Crippen LogP contribution in [0.25, 0.3) is 10.8 Å². The maximum absolute atomic E-state index is 3.36. The summed E-state index contributed by atoms with van der Waals surface area (Å²) in [4.78, 5) is 0. The van der Waals surface area contributed by atoms with Gasteiger partial charge in [-0.3, -0.25) is 0 Å². The zero-order chi connectivity index (χ0) is 11.2. The van der Waals surface area contributed by atoms with E-state index in [1.54, 1.807) is 0 Å². The van der Waals surface area contributed by atoms with Crippen LogP contribution in [0, 0.1) is 6.07 Å². The fraction of sp³-hybridized carbons (Fsp3) is 0.375. The molecule has 0 aliphatic carbocycles. The van der Waals surface area contributed by atoms with Gasteiger partial charge in [-0.1, -0.05) is 62.6 Å². The Morgan fingerprint density at radius 2 is 1.88 bits per heavy atom. The fourth-order valence-electron chi connectivity index (χ4n) is 2.17. The molecule has 0 atom stereocenters. The molecule has 2 aromatic rings. The average Bonchev–Trinajstić information content (AvgIpc) is 2.35. The van der Waals surface area contributed by atoms with Gasteiger partial charge in [0.05, 0.1) is 0 Å². The van der Waals surface area contributed by atoms with Crippen LogP contribution in [0.4, 0.5) is 0 Å². The van der Waals surface area contributed by atoms with Gasteiger partial charge in [0.25, 0.3) is 0 Å². The van der Waals surface area contributed by atoms with Gasteiger partial charge in [0, 0.05) is 0 Å². The van der Waals surface area contributed by atoms with E-state index < -0.39 is 0 Å². The maximum atomic E-state index is 3.36. The topological polar surface area (TPSA) is 0 Å². The molecule has 0 aliphatic rings. The third-order valence-corrected chi connectivity index (χ3v) is 3.08. The highest BCUT2D eigenvalue weighted by molar-refractivity contribution is 5.85. The lowest BCUT2D eigenvalue weighted by Crippen LogP contribution is -1.88. The summed E-state index contributed by atoms with van der Waals surface area (Å²) in [5, 5.41) is 2.62. The Balaban J connectivity index is 2.11. The van der Waals surface area contributed by atoms with E-state index in [0.717, 1.165) is 0 Å². The molecule has 0 fully saturated rings. The molecule has 0 aromatic heterocycles. The van der Waals surface area contributed by atoms with Crippen molar-refractivity contribution in [3.8, 4) is 0 Å². The zero-order valence-corrected chi connectivity index (χ0v) is 10.00. The molecular formula is C16H19. The molecule has 2 aromatic carbocycles. The number of hydrogen-bond acceptors (Lipinski definition) is 0. The van der Waals surface area contributed by atoms with Crippen molar-refractivity contribution < 1.29 is 0 Å². The zero-order valence-electron chi connectivity index (χ0n) is 10.00. The molecule has 0 spiro atoms. The second-order valence-electron chi connectivity index (χ2n) is 4.36. The van der Waals surface area contributed by atoms with Gasteiger partial charge in [0.2, 0.25) is 0 Å². The summed E-state index contributed by atoms with van der Waals surface area (Å²) in [5.74, 6) is 0. The number of unbranched alkanes of at least 4 members (excludes halogenated alkanes) is 3. The lowest BCUT2D eigenvalue weighted by Gasteiger charge is -2.05. The van der Waals surface area contributed by atoms with Gasteiger partial charge in [-0.2, -0.15) is 0 Å². The third kappa shape index (κ3) is 2.63. The number of rotatable bonds is 5. The Bertz CT molecular complexity index is 437. The molecule has 0 amide bonds. The number of aryl methyl sites for hydroxylation is 1. The smallest absolute Gasteiger partial charge is 0.00731 e. The summed E-state index contributed by atoms with van der Waals surface area (Å²) in [6, 6.07) is 16.2. The van der Waals surface area contributed by atoms with Crippen LogP contribution in [0.3, 0.4) is 0 Å². The van der Waals surface area contributed by atoms with E-state index in [9.17, 15) is 0 Å². The van der Waals surface area contributed by atoms with Gasteiger partial charge < -0.3 is 0 Å². The predicted octanol–water partition coefficient (Wildman–Crippen LogP) is 4.76. The quantitative estimate of drug-likeness (QED) is 0.625. The highest BCUT2D eigenvalue weighted by Crippen LogP contribution is 2.19. The van der Waals surface area contributed by atoms with Crippen molar-refractivity contribution in [1.82, 2.24) is 0 Å². The molecule has 0 bridgehead atoms. The van der Waals surface area contributed by atoms with E-state index in [0.29, 0.717) is 0 Å². The van der Waals surface area contributed by atoms with Crippen LogP contribution in [0.15, 0.2) is 36.4 Å². The van der Waals surface area contributed by atoms with Crippen LogP contribution in [-0.2, 0) is 6.42 Å². The molecule has 0 heterocycles. The molecular weight excluding hydrogens is 192 g/mol. The SMILES string of the molecule is CCCCCCc1cccc2ccc[c]c12. The van der Waals surface area contributed by atoms with Crippen LogP contribution in [-0.4, -0.2) is 0 Å². The van der Waals surface area contributed by atoms with Gasteiger partial charge >= 0.3 is 0 Å². The molecule has 0 heteroatoms. The van der Waals surface area contributed by atoms with E-state index >= 15 is 0 Å². The third-order valence-electron chi connectivity index (χ3n) is 3.08. The van der Waals surface area contributed by atoms with Gasteiger partial charge in [-0.15, -0.1) is 0 Å². The highest BCUT2D eigenvalue weighted by atomic mass is 14.0. The molecule has 1 radical (unpaired) electrons. The molecule has 83 valence electrons. The van der Waals surface area contributed by atoms with Gasteiger partial charge in [-0.05, 0) is 35.2 Å². The first-order chi connectivity index (χ1) is 7.92. The first kappa shape index (κ1) is 11.2. The second-order valence-corrected chi connectivity index (χ2v) is 4.36. The molecule has 2 rings (SSSR count). The summed E-state index contributed by atoms with van der Waals surface area (Å²) in [5.41, 5.74) is 1.45. The van der Waals surface area contributed by atoms with Crippen LogP contribution < -0.4 is 0 Å². The highest BCUT2D eigenvalue weighted by Gasteiger charge is 1.99. The standard InChI is InChI=1S/C16H19/c1-2-3-4-5-9-14-11-8-12-15-10-6-7-13-16(14)15/h6-8,10-12H,2-5,9H2,1H3. The van der Waals surface area contributed by atoms with Crippen molar-refractivity contribution in [2.45, 2.75) is 39.0 Å². The first-order valence-corrected chi connectivity index (χ1v) is 6.30. The van der Waals surface area contributed by atoms with Crippen LogP contribution in [0.2, 0.25) is 0 Å². The molecule has 0 unspecified atom stereocenters. The Hall–Kier alpha value is -1.30. The molecule has 16 heavy (non-hydrogen) atoms. The van der Waals surface area contributed by atoms with Gasteiger partial charge in [0.1, 0.15) is 0 Å². The summed E-state index contributed by atoms with van der Waals surface area (Å²) in [6.45, 7) is 2.26. The summed E-state index contributed by atoms with van der Waals surface area (Å²) in [7, 11) is 0. The van der Waals surface area contributed by atoms with Gasteiger partial charge in [0.15, 0.2) is 0 Å². The van der Waals surface area contributed by atoms with E-state index in [1.165, 1.54) is 48.4 Å². The fourth-order valence-corrected chi connectivity index (χ4v) is 2.17. The number of hydrogen-bond donors (Lipinski definition) is 0. The minimum atomic E-state index is 1.19. The van der Waals surface area contributed by atoms with E-state index in [2.05, 4.69) is 43.3 Å². The Kier molecular flexibility index (Phi) is 3.98. The summed E-state index contributed by atoms with van der Waals surface area (Å²) < 4.78 is 0. The lowest BCUT2D eigenvalue weighted by atomic mass is 9.99. The molecule has 0 aliphatic heterocycles. The molecule has 0 saturated carbocycles. The minimum absolute atomic E-state index is 1.19. The monoisotopic (exact) mass is 211 g/mol. The van der Waals surface area contributed by atoms with Crippen LogP contribution in [0.5, 0.6) is 0 Å². The Morgan fingerprint density at radius 1 is 1.00 bits per heavy atom. The van der Waals surface area contributed by atoms with Crippen molar-refractivity contribution in [2.24, 2.45) is 0 Å². The van der Waals surface area contributed by atoms with Crippen molar-refractivity contribution in [1.29, 1.82) is 0 Å². The van der Waals surface area contributed by atoms with E-state index in [1.807, 2.05) is 6.07 Å². The average molecular weight is 211 g/mol. The first-order valence-electron chi connectivity index (χ1n) is 6.30. The maximum Gasteiger partial charge on any atom is -0.00731 e. The van der Waals surface area contributed by atoms with Crippen molar-refractivity contribution in [3.63, 3.8) is 0 Å². The summed E-state index contributed by atoms with van der Waals surface area (Å²) in [6.07, 6.45) is 6.50. The van der Waals surface area contributed by atoms with Crippen molar-refractivity contribution in [2.75, 3.05) is 0 Å². The predicted molar refractivity (Wildman–Crippen MR) is 70.6 cm³/mol. The van der Waals surface area contributed by atoms with Crippen molar-refractivity contribution in [3.05, 3.63) is 48.0 Å². The second kappa shape index (κ2) is 5.69. The van der Waals surface area contributed by atoms with E-state index in [-0.39, 0.29) is 0 Å². The Morgan fingerprint density at radius 3 is 2.75 bits per heavy atom. The molecule has 0 saturated heterocycles.